The second kappa shape index (κ2) is 6.93. The van der Waals surface area contributed by atoms with Gasteiger partial charge in [0.1, 0.15) is 11.9 Å². The Morgan fingerprint density at radius 1 is 1.08 bits per heavy atom. The van der Waals surface area contributed by atoms with Crippen LogP contribution < -0.4 is 4.74 Å². The first-order valence-electron chi connectivity index (χ1n) is 7.05. The molecule has 0 amide bonds. The third kappa shape index (κ3) is 3.31. The molecular weight excluding hydrogens is 388 g/mol. The molecule has 0 heterocycles. The molecule has 0 radical (unpaired) electrons. The Morgan fingerprint density at radius 3 is 2.15 bits per heavy atom. The average Bonchev–Trinajstić information content (AvgIpc) is 2.58. The molecule has 26 heavy (non-hydrogen) atoms. The largest absolute Gasteiger partial charge is 0.496 e. The molecule has 0 bridgehead atoms. The van der Waals surface area contributed by atoms with Crippen LogP contribution in [0.3, 0.4) is 0 Å². The summed E-state index contributed by atoms with van der Waals surface area (Å²) >= 11 is 0. The van der Waals surface area contributed by atoms with E-state index < -0.39 is 41.8 Å². The van der Waals surface area contributed by atoms with Crippen LogP contribution in [0.1, 0.15) is 10.4 Å². The summed E-state index contributed by atoms with van der Waals surface area (Å²) in [6.45, 7) is 0. The highest BCUT2D eigenvalue weighted by Gasteiger charge is 2.53. The summed E-state index contributed by atoms with van der Waals surface area (Å²) in [6, 6.07) is 5.98. The molecule has 142 valence electrons. The summed E-state index contributed by atoms with van der Waals surface area (Å²) in [5, 5.41) is 0. The number of para-hydroxylation sites is 1. The number of benzene rings is 1. The second-order valence-corrected chi connectivity index (χ2v) is 8.83. The van der Waals surface area contributed by atoms with Crippen molar-refractivity contribution < 1.29 is 40.2 Å². The molecular formula is C15H16O9S2. The van der Waals surface area contributed by atoms with Crippen molar-refractivity contribution in [3.05, 3.63) is 53.6 Å². The van der Waals surface area contributed by atoms with E-state index in [1.165, 1.54) is 32.4 Å². The fourth-order valence-electron chi connectivity index (χ4n) is 2.51. The first kappa shape index (κ1) is 20.3. The number of methoxy groups -OCH3 is 2. The second-order valence-electron chi connectivity index (χ2n) is 5.32. The highest BCUT2D eigenvalue weighted by atomic mass is 32.3. The highest BCUT2D eigenvalue weighted by molar-refractivity contribution is 8.05. The Morgan fingerprint density at radius 2 is 1.65 bits per heavy atom. The normalized spacial score (nSPS) is 19.7. The lowest BCUT2D eigenvalue weighted by Gasteiger charge is -2.28. The van der Waals surface area contributed by atoms with Gasteiger partial charge in [0.2, 0.25) is 0 Å². The minimum absolute atomic E-state index is 0.0122. The fourth-order valence-corrected chi connectivity index (χ4v) is 4.63. The van der Waals surface area contributed by atoms with Gasteiger partial charge in [0.25, 0.3) is 24.3 Å². The van der Waals surface area contributed by atoms with Gasteiger partial charge < -0.3 is 9.47 Å². The summed E-state index contributed by atoms with van der Waals surface area (Å²) in [7, 11) is -8.23. The van der Waals surface area contributed by atoms with Crippen molar-refractivity contribution in [2.75, 3.05) is 14.2 Å². The van der Waals surface area contributed by atoms with E-state index in [1.54, 1.807) is 6.07 Å². The smallest absolute Gasteiger partial charge is 0.295 e. The summed E-state index contributed by atoms with van der Waals surface area (Å²) in [5.41, 5.74) is -0.395. The van der Waals surface area contributed by atoms with Gasteiger partial charge in [-0.1, -0.05) is 18.2 Å². The molecule has 1 aliphatic carbocycles. The van der Waals surface area contributed by atoms with Crippen LogP contribution in [0.15, 0.2) is 48.1 Å². The van der Waals surface area contributed by atoms with E-state index in [0.29, 0.717) is 12.2 Å². The van der Waals surface area contributed by atoms with Gasteiger partial charge in [-0.15, -0.1) is 0 Å². The molecule has 0 aromatic heterocycles. The van der Waals surface area contributed by atoms with E-state index in [1.807, 2.05) is 0 Å². The molecule has 1 aromatic rings. The minimum atomic E-state index is -5.38. The van der Waals surface area contributed by atoms with Crippen LogP contribution in [0.25, 0.3) is 0 Å². The van der Waals surface area contributed by atoms with Gasteiger partial charge in [-0.05, 0) is 24.3 Å². The molecule has 1 aromatic carbocycles. The van der Waals surface area contributed by atoms with Crippen molar-refractivity contribution in [3.8, 4) is 5.75 Å². The molecule has 0 saturated carbocycles. The molecule has 2 rings (SSSR count). The Hall–Kier alpha value is -2.05. The highest BCUT2D eigenvalue weighted by Crippen LogP contribution is 2.35. The SMILES string of the molecule is COc1ccccc1C(=O)C1=CC(S(=O)(=O)O)(S(=O)(=O)O)C=CC1OC. The quantitative estimate of drug-likeness (QED) is 0.400. The molecule has 0 spiro atoms. The third-order valence-corrected chi connectivity index (χ3v) is 7.22. The maximum absolute atomic E-state index is 12.9. The van der Waals surface area contributed by atoms with Crippen molar-refractivity contribution in [1.29, 1.82) is 0 Å². The van der Waals surface area contributed by atoms with E-state index in [9.17, 15) is 30.7 Å². The lowest BCUT2D eigenvalue weighted by molar-refractivity contribution is 0.0969. The summed E-state index contributed by atoms with van der Waals surface area (Å²) < 4.78 is 72.6. The van der Waals surface area contributed by atoms with E-state index >= 15 is 0 Å². The van der Waals surface area contributed by atoms with Gasteiger partial charge in [0.15, 0.2) is 5.78 Å². The predicted molar refractivity (Wildman–Crippen MR) is 91.2 cm³/mol. The van der Waals surface area contributed by atoms with Crippen molar-refractivity contribution in [2.45, 2.75) is 10.2 Å². The lowest BCUT2D eigenvalue weighted by Crippen LogP contribution is -2.45. The van der Waals surface area contributed by atoms with Gasteiger partial charge >= 0.3 is 0 Å². The predicted octanol–water partition coefficient (Wildman–Crippen LogP) is 0.861. The van der Waals surface area contributed by atoms with Crippen LogP contribution in [0.4, 0.5) is 0 Å². The van der Waals surface area contributed by atoms with E-state index in [4.69, 9.17) is 9.47 Å². The number of ether oxygens (including phenoxy) is 2. The van der Waals surface area contributed by atoms with E-state index in [2.05, 4.69) is 0 Å². The van der Waals surface area contributed by atoms with Crippen LogP contribution in [-0.2, 0) is 25.0 Å². The van der Waals surface area contributed by atoms with Crippen LogP contribution in [0, 0.1) is 0 Å². The number of Topliss-reactive ketones (excluding diaryl/α,β-unsaturated/α-hetero) is 1. The fraction of sp³-hybridized carbons (Fsp3) is 0.267. The third-order valence-electron chi connectivity index (χ3n) is 3.84. The van der Waals surface area contributed by atoms with Crippen LogP contribution in [0.2, 0.25) is 0 Å². The summed E-state index contributed by atoms with van der Waals surface area (Å²) in [5.74, 6) is -0.637. The number of hydrogen-bond acceptors (Lipinski definition) is 7. The maximum Gasteiger partial charge on any atom is 0.295 e. The van der Waals surface area contributed by atoms with Crippen LogP contribution in [-0.4, -0.2) is 56.1 Å². The topological polar surface area (TPSA) is 144 Å². The van der Waals surface area contributed by atoms with Crippen molar-refractivity contribution in [3.63, 3.8) is 0 Å². The number of carbonyl (C=O) groups excluding carboxylic acids is 1. The Balaban J connectivity index is 2.75. The van der Waals surface area contributed by atoms with Crippen molar-refractivity contribution in [2.24, 2.45) is 0 Å². The van der Waals surface area contributed by atoms with E-state index in [0.717, 1.165) is 6.08 Å². The summed E-state index contributed by atoms with van der Waals surface area (Å²) in [4.78, 5) is 12.9. The van der Waals surface area contributed by atoms with Gasteiger partial charge in [-0.2, -0.15) is 16.8 Å². The standard InChI is InChI=1S/C15H16O9S2/c1-23-12-6-4-3-5-10(12)14(16)11-9-15(25(17,18)19,26(20,21)22)8-7-13(11)24-2/h3-9,13H,1-2H3,(H,17,18,19)(H,20,21,22). The van der Waals surface area contributed by atoms with Gasteiger partial charge in [0.05, 0.1) is 12.7 Å². The van der Waals surface area contributed by atoms with Crippen LogP contribution >= 0.6 is 0 Å². The monoisotopic (exact) mass is 404 g/mol. The molecule has 1 atom stereocenters. The molecule has 11 heteroatoms. The number of ketones is 1. The zero-order valence-corrected chi connectivity index (χ0v) is 15.3. The Bertz CT molecular complexity index is 956. The van der Waals surface area contributed by atoms with Gasteiger partial charge in [0, 0.05) is 12.7 Å². The minimum Gasteiger partial charge on any atom is -0.496 e. The van der Waals surface area contributed by atoms with E-state index in [-0.39, 0.29) is 11.3 Å². The Labute approximate surface area is 150 Å². The van der Waals surface area contributed by atoms with Crippen LogP contribution in [0.5, 0.6) is 5.75 Å². The molecule has 1 aliphatic rings. The van der Waals surface area contributed by atoms with Crippen molar-refractivity contribution >= 4 is 26.0 Å². The molecule has 0 saturated heterocycles. The number of rotatable bonds is 6. The number of hydrogen-bond donors (Lipinski definition) is 2. The molecule has 0 fully saturated rings. The maximum atomic E-state index is 12.9. The van der Waals surface area contributed by atoms with Crippen molar-refractivity contribution in [1.82, 2.24) is 0 Å². The summed E-state index contributed by atoms with van der Waals surface area (Å²) in [6.07, 6.45) is 0.847. The molecule has 1 unspecified atom stereocenters. The molecule has 9 nitrogen and oxygen atoms in total. The Kier molecular flexibility index (Phi) is 5.40. The number of carbonyl (C=O) groups is 1. The van der Waals surface area contributed by atoms with Gasteiger partial charge in [-0.3, -0.25) is 13.9 Å². The first-order valence-corrected chi connectivity index (χ1v) is 9.93. The lowest BCUT2D eigenvalue weighted by atomic mass is 9.93. The first-order chi connectivity index (χ1) is 12.0. The van der Waals surface area contributed by atoms with Gasteiger partial charge in [-0.25, -0.2) is 0 Å². The molecule has 0 aliphatic heterocycles. The zero-order valence-electron chi connectivity index (χ0n) is 13.7. The molecule has 2 N–H and O–H groups in total. The zero-order chi connectivity index (χ0) is 19.8. The average molecular weight is 404 g/mol.